The average molecular weight is 446 g/mol. The average Bonchev–Trinajstić information content (AvgIpc) is 2.73. The highest BCUT2D eigenvalue weighted by Gasteiger charge is 2.31. The van der Waals surface area contributed by atoms with Gasteiger partial charge in [-0.25, -0.2) is 4.98 Å². The van der Waals surface area contributed by atoms with E-state index in [1.165, 1.54) is 18.2 Å². The minimum Gasteiger partial charge on any atom is -0.406 e. The number of hydrogen-bond acceptors (Lipinski definition) is 7. The number of benzene rings is 1. The molecular formula is C22H25F3N6O. The first-order valence-corrected chi connectivity index (χ1v) is 10.1. The molecule has 32 heavy (non-hydrogen) atoms. The third-order valence-corrected chi connectivity index (χ3v) is 4.35. The fraction of sp³-hybridized carbons (Fsp3) is 0.318. The van der Waals surface area contributed by atoms with E-state index < -0.39 is 6.36 Å². The van der Waals surface area contributed by atoms with Crippen molar-refractivity contribution in [2.75, 3.05) is 44.4 Å². The van der Waals surface area contributed by atoms with E-state index in [1.54, 1.807) is 18.3 Å². The summed E-state index contributed by atoms with van der Waals surface area (Å²) in [6.45, 7) is 1.97. The number of hydrogen-bond donors (Lipinski definition) is 2. The maximum absolute atomic E-state index is 12.6. The van der Waals surface area contributed by atoms with Crippen molar-refractivity contribution < 1.29 is 17.9 Å². The number of anilines is 2. The number of nitrogens with zero attached hydrogens (tertiary/aromatic N) is 4. The summed E-state index contributed by atoms with van der Waals surface area (Å²) in [5.41, 5.74) is 1.90. The molecule has 7 nitrogen and oxygen atoms in total. The minimum absolute atomic E-state index is 0.305. The molecule has 0 saturated heterocycles. The van der Waals surface area contributed by atoms with Gasteiger partial charge in [-0.2, -0.15) is 4.98 Å². The standard InChI is InChI=1S/C22H25F3N6O/c1-31(2)13-12-28-21-29-19(16-6-5-8-18(14-16)32-22(23,24)25)15-20(30-21)27-11-9-17-7-3-4-10-26-17/h3-8,10,14-15H,9,11-13H2,1-2H3,(H2,27,28,29,30). The van der Waals surface area contributed by atoms with Crippen molar-refractivity contribution in [1.29, 1.82) is 0 Å². The molecule has 2 heterocycles. The zero-order valence-electron chi connectivity index (χ0n) is 17.9. The molecule has 170 valence electrons. The molecule has 2 N–H and O–H groups in total. The van der Waals surface area contributed by atoms with Gasteiger partial charge in [0.15, 0.2) is 0 Å². The van der Waals surface area contributed by atoms with Gasteiger partial charge >= 0.3 is 6.36 Å². The quantitative estimate of drug-likeness (QED) is 0.486. The Morgan fingerprint density at radius 3 is 2.53 bits per heavy atom. The number of ether oxygens (including phenoxy) is 1. The Morgan fingerprint density at radius 2 is 1.81 bits per heavy atom. The van der Waals surface area contributed by atoms with Gasteiger partial charge in [-0.3, -0.25) is 4.98 Å². The van der Waals surface area contributed by atoms with Gasteiger partial charge in [0.25, 0.3) is 0 Å². The van der Waals surface area contributed by atoms with Crippen LogP contribution in [0.2, 0.25) is 0 Å². The number of likely N-dealkylation sites (N-methyl/N-ethyl adjacent to an activating group) is 1. The van der Waals surface area contributed by atoms with E-state index in [0.29, 0.717) is 42.5 Å². The predicted octanol–water partition coefficient (Wildman–Crippen LogP) is 4.07. The summed E-state index contributed by atoms with van der Waals surface area (Å²) in [6.07, 6.45) is -2.33. The number of aromatic nitrogens is 3. The largest absolute Gasteiger partial charge is 0.573 e. The molecule has 3 aromatic rings. The molecule has 1 aromatic carbocycles. The summed E-state index contributed by atoms with van der Waals surface area (Å²) < 4.78 is 41.9. The summed E-state index contributed by atoms with van der Waals surface area (Å²) in [7, 11) is 3.91. The third-order valence-electron chi connectivity index (χ3n) is 4.35. The van der Waals surface area contributed by atoms with E-state index >= 15 is 0 Å². The van der Waals surface area contributed by atoms with Crippen LogP contribution in [0.5, 0.6) is 5.75 Å². The second-order valence-electron chi connectivity index (χ2n) is 7.27. The van der Waals surface area contributed by atoms with Gasteiger partial charge in [-0.05, 0) is 38.4 Å². The Kier molecular flexibility index (Phi) is 7.82. The van der Waals surface area contributed by atoms with Gasteiger partial charge < -0.3 is 20.3 Å². The van der Waals surface area contributed by atoms with Crippen molar-refractivity contribution in [3.8, 4) is 17.0 Å². The predicted molar refractivity (Wildman–Crippen MR) is 118 cm³/mol. The first kappa shape index (κ1) is 23.3. The Hall–Kier alpha value is -3.40. The Balaban J connectivity index is 1.80. The molecule has 3 rings (SSSR count). The molecule has 0 fully saturated rings. The van der Waals surface area contributed by atoms with Crippen LogP contribution in [0.1, 0.15) is 5.69 Å². The van der Waals surface area contributed by atoms with Gasteiger partial charge in [0, 0.05) is 49.6 Å². The summed E-state index contributed by atoms with van der Waals surface area (Å²) in [5.74, 6) is 0.632. The van der Waals surface area contributed by atoms with Gasteiger partial charge in [-0.15, -0.1) is 13.2 Å². The van der Waals surface area contributed by atoms with Crippen LogP contribution < -0.4 is 15.4 Å². The van der Waals surface area contributed by atoms with Gasteiger partial charge in [0.05, 0.1) is 5.69 Å². The lowest BCUT2D eigenvalue weighted by Gasteiger charge is -2.14. The van der Waals surface area contributed by atoms with Crippen LogP contribution in [-0.4, -0.2) is 59.9 Å². The van der Waals surface area contributed by atoms with Crippen LogP contribution in [0.25, 0.3) is 11.3 Å². The molecule has 10 heteroatoms. The SMILES string of the molecule is CN(C)CCNc1nc(NCCc2ccccn2)cc(-c2cccc(OC(F)(F)F)c2)n1. The minimum atomic E-state index is -4.76. The highest BCUT2D eigenvalue weighted by Crippen LogP contribution is 2.28. The monoisotopic (exact) mass is 446 g/mol. The number of pyridine rings is 1. The number of nitrogens with one attached hydrogen (secondary N) is 2. The number of alkyl halides is 3. The summed E-state index contributed by atoms with van der Waals surface area (Å²) in [5, 5.41) is 6.40. The Morgan fingerprint density at radius 1 is 0.969 bits per heavy atom. The maximum atomic E-state index is 12.6. The van der Waals surface area contributed by atoms with E-state index in [4.69, 9.17) is 0 Å². The molecule has 0 atom stereocenters. The Labute approximate surface area is 184 Å². The van der Waals surface area contributed by atoms with E-state index in [0.717, 1.165) is 12.2 Å². The van der Waals surface area contributed by atoms with Gasteiger partial charge in [0.2, 0.25) is 5.95 Å². The van der Waals surface area contributed by atoms with Crippen molar-refractivity contribution in [3.63, 3.8) is 0 Å². The molecule has 2 aromatic heterocycles. The normalized spacial score (nSPS) is 11.4. The molecule has 0 saturated carbocycles. The zero-order valence-corrected chi connectivity index (χ0v) is 17.9. The molecule has 0 radical (unpaired) electrons. The van der Waals surface area contributed by atoms with Crippen LogP contribution >= 0.6 is 0 Å². The van der Waals surface area contributed by atoms with Crippen molar-refractivity contribution in [2.24, 2.45) is 0 Å². The first-order valence-electron chi connectivity index (χ1n) is 10.1. The van der Waals surface area contributed by atoms with Crippen molar-refractivity contribution >= 4 is 11.8 Å². The van der Waals surface area contributed by atoms with Gasteiger partial charge in [-0.1, -0.05) is 18.2 Å². The van der Waals surface area contributed by atoms with Crippen molar-refractivity contribution in [2.45, 2.75) is 12.8 Å². The van der Waals surface area contributed by atoms with E-state index in [9.17, 15) is 13.2 Å². The lowest BCUT2D eigenvalue weighted by Crippen LogP contribution is -2.21. The van der Waals surface area contributed by atoms with Crippen LogP contribution in [0.4, 0.5) is 24.9 Å². The fourth-order valence-electron chi connectivity index (χ4n) is 2.87. The smallest absolute Gasteiger partial charge is 0.406 e. The van der Waals surface area contributed by atoms with Crippen LogP contribution in [-0.2, 0) is 6.42 Å². The molecular weight excluding hydrogens is 421 g/mol. The van der Waals surface area contributed by atoms with E-state index in [-0.39, 0.29) is 5.75 Å². The van der Waals surface area contributed by atoms with Crippen LogP contribution in [0.3, 0.4) is 0 Å². The lowest BCUT2D eigenvalue weighted by molar-refractivity contribution is -0.274. The van der Waals surface area contributed by atoms with Crippen LogP contribution in [0, 0.1) is 0 Å². The number of rotatable bonds is 10. The summed E-state index contributed by atoms with van der Waals surface area (Å²) in [6, 6.07) is 13.1. The number of halogens is 3. The molecule has 0 aliphatic rings. The lowest BCUT2D eigenvalue weighted by atomic mass is 10.1. The van der Waals surface area contributed by atoms with E-state index in [2.05, 4.69) is 30.3 Å². The summed E-state index contributed by atoms with van der Waals surface area (Å²) >= 11 is 0. The Bertz CT molecular complexity index is 998. The van der Waals surface area contributed by atoms with Gasteiger partial charge in [0.1, 0.15) is 11.6 Å². The second kappa shape index (κ2) is 10.8. The second-order valence-corrected chi connectivity index (χ2v) is 7.27. The fourth-order valence-corrected chi connectivity index (χ4v) is 2.87. The van der Waals surface area contributed by atoms with E-state index in [1.807, 2.05) is 37.2 Å². The molecule has 0 unspecified atom stereocenters. The molecule has 0 aliphatic carbocycles. The molecule has 0 bridgehead atoms. The highest BCUT2D eigenvalue weighted by atomic mass is 19.4. The van der Waals surface area contributed by atoms with Crippen LogP contribution in [0.15, 0.2) is 54.7 Å². The highest BCUT2D eigenvalue weighted by molar-refractivity contribution is 5.66. The molecule has 0 aliphatic heterocycles. The zero-order chi connectivity index (χ0) is 23.0. The third kappa shape index (κ3) is 7.69. The molecule has 0 amide bonds. The maximum Gasteiger partial charge on any atom is 0.573 e. The molecule has 0 spiro atoms. The van der Waals surface area contributed by atoms with Crippen molar-refractivity contribution in [3.05, 3.63) is 60.4 Å². The first-order chi connectivity index (χ1) is 15.3. The summed E-state index contributed by atoms with van der Waals surface area (Å²) in [4.78, 5) is 15.3. The van der Waals surface area contributed by atoms with Crippen molar-refractivity contribution in [1.82, 2.24) is 19.9 Å². The topological polar surface area (TPSA) is 75.2 Å².